The van der Waals surface area contributed by atoms with Gasteiger partial charge in [0.05, 0.1) is 25.9 Å². The Bertz CT molecular complexity index is 1470. The van der Waals surface area contributed by atoms with E-state index in [0.29, 0.717) is 36.2 Å². The van der Waals surface area contributed by atoms with Crippen LogP contribution in [0.5, 0.6) is 11.5 Å². The smallest absolute Gasteiger partial charge is 0.320 e. The number of amides is 2. The molecule has 6 rings (SSSR count). The van der Waals surface area contributed by atoms with Gasteiger partial charge in [-0.15, -0.1) is 0 Å². The summed E-state index contributed by atoms with van der Waals surface area (Å²) in [6.45, 7) is 9.72. The Labute approximate surface area is 265 Å². The number of carbonyl (C=O) groups excluding carboxylic acids is 3. The zero-order valence-corrected chi connectivity index (χ0v) is 26.9. The van der Waals surface area contributed by atoms with E-state index in [0.717, 1.165) is 18.4 Å². The van der Waals surface area contributed by atoms with Crippen molar-refractivity contribution in [2.45, 2.75) is 78.0 Å². The fraction of sp³-hybridized carbons (Fsp3) is 0.528. The number of benzene rings is 2. The zero-order valence-electron chi connectivity index (χ0n) is 26.9. The summed E-state index contributed by atoms with van der Waals surface area (Å²) < 4.78 is 23.0. The standard InChI is InChI=1S/C36H44N2O7/c1-23-36(34(41)42-5)20-27(18-32(39)37-15-13-26(14-16-37)25-9-7-6-8-10-25)33(40)38(30(36)19-31(45-23)35(2,3)4)21-24-11-12-28-29(17-24)44-22-43-28/h6-12,17,19,23,26-27,31H,13-16,18,20-22H2,1-5H3/t23-,27+,31-,36+/m1/s1. The van der Waals surface area contributed by atoms with Crippen molar-refractivity contribution in [1.29, 1.82) is 0 Å². The van der Waals surface area contributed by atoms with Crippen LogP contribution in [0.15, 0.2) is 60.3 Å². The summed E-state index contributed by atoms with van der Waals surface area (Å²) >= 11 is 0. The lowest BCUT2D eigenvalue weighted by Crippen LogP contribution is -2.61. The van der Waals surface area contributed by atoms with E-state index < -0.39 is 23.4 Å². The van der Waals surface area contributed by atoms with E-state index in [1.165, 1.54) is 12.7 Å². The molecule has 9 heteroatoms. The van der Waals surface area contributed by atoms with Crippen LogP contribution in [-0.4, -0.2) is 66.8 Å². The molecule has 9 nitrogen and oxygen atoms in total. The van der Waals surface area contributed by atoms with Crippen LogP contribution in [0, 0.1) is 16.7 Å². The van der Waals surface area contributed by atoms with Crippen LogP contribution in [0.2, 0.25) is 0 Å². The van der Waals surface area contributed by atoms with Gasteiger partial charge in [0, 0.05) is 31.1 Å². The second-order valence-corrected chi connectivity index (χ2v) is 13.9. The molecule has 2 aromatic rings. The molecule has 0 radical (unpaired) electrons. The molecule has 4 aliphatic rings. The highest BCUT2D eigenvalue weighted by atomic mass is 16.7. The fourth-order valence-corrected chi connectivity index (χ4v) is 7.35. The minimum Gasteiger partial charge on any atom is -0.468 e. The molecule has 0 aliphatic carbocycles. The quantitative estimate of drug-likeness (QED) is 0.399. The van der Waals surface area contributed by atoms with Gasteiger partial charge in [0.2, 0.25) is 18.6 Å². The number of piperidine rings is 2. The normalized spacial score (nSPS) is 26.7. The highest BCUT2D eigenvalue weighted by Crippen LogP contribution is 2.52. The molecule has 0 N–H and O–H groups in total. The number of hydrogen-bond acceptors (Lipinski definition) is 7. The summed E-state index contributed by atoms with van der Waals surface area (Å²) in [5.41, 5.74) is 1.18. The Morgan fingerprint density at radius 1 is 1.02 bits per heavy atom. The maximum atomic E-state index is 14.5. The summed E-state index contributed by atoms with van der Waals surface area (Å²) in [5, 5.41) is 0. The molecule has 0 bridgehead atoms. The van der Waals surface area contributed by atoms with Gasteiger partial charge < -0.3 is 28.7 Å². The lowest BCUT2D eigenvalue weighted by Gasteiger charge is -2.53. The first-order chi connectivity index (χ1) is 21.5. The number of likely N-dealkylation sites (tertiary alicyclic amines) is 2. The van der Waals surface area contributed by atoms with Gasteiger partial charge in [-0.25, -0.2) is 0 Å². The number of ether oxygens (including phenoxy) is 4. The van der Waals surface area contributed by atoms with Crippen LogP contribution in [0.3, 0.4) is 0 Å². The van der Waals surface area contributed by atoms with Crippen LogP contribution in [-0.2, 0) is 30.4 Å². The molecule has 4 heterocycles. The second kappa shape index (κ2) is 12.2. The molecule has 2 saturated heterocycles. The minimum absolute atomic E-state index is 0.0217. The van der Waals surface area contributed by atoms with E-state index in [-0.39, 0.29) is 49.5 Å². The van der Waals surface area contributed by atoms with E-state index in [1.54, 1.807) is 4.90 Å². The van der Waals surface area contributed by atoms with Gasteiger partial charge in [-0.05, 0) is 66.9 Å². The Morgan fingerprint density at radius 3 is 2.42 bits per heavy atom. The highest BCUT2D eigenvalue weighted by Gasteiger charge is 2.60. The van der Waals surface area contributed by atoms with Crippen molar-refractivity contribution < 1.29 is 33.3 Å². The molecule has 2 aromatic carbocycles. The van der Waals surface area contributed by atoms with Gasteiger partial charge in [-0.3, -0.25) is 14.4 Å². The van der Waals surface area contributed by atoms with Crippen LogP contribution in [0.4, 0.5) is 0 Å². The van der Waals surface area contributed by atoms with E-state index in [9.17, 15) is 14.4 Å². The fourth-order valence-electron chi connectivity index (χ4n) is 7.35. The van der Waals surface area contributed by atoms with Crippen molar-refractivity contribution in [3.05, 3.63) is 71.4 Å². The molecule has 0 unspecified atom stereocenters. The summed E-state index contributed by atoms with van der Waals surface area (Å²) in [4.78, 5) is 45.6. The van der Waals surface area contributed by atoms with Crippen molar-refractivity contribution in [2.75, 3.05) is 27.0 Å². The van der Waals surface area contributed by atoms with E-state index >= 15 is 0 Å². The first-order valence-corrected chi connectivity index (χ1v) is 16.0. The first-order valence-electron chi connectivity index (χ1n) is 16.0. The van der Waals surface area contributed by atoms with Gasteiger partial charge in [-0.2, -0.15) is 0 Å². The molecule has 0 saturated carbocycles. The van der Waals surface area contributed by atoms with Gasteiger partial charge in [0.15, 0.2) is 11.5 Å². The van der Waals surface area contributed by atoms with Gasteiger partial charge in [-0.1, -0.05) is 57.2 Å². The summed E-state index contributed by atoms with van der Waals surface area (Å²) in [6, 6.07) is 16.0. The van der Waals surface area contributed by atoms with E-state index in [1.807, 2.05) is 42.2 Å². The Morgan fingerprint density at radius 2 is 1.73 bits per heavy atom. The predicted octanol–water partition coefficient (Wildman–Crippen LogP) is 5.44. The van der Waals surface area contributed by atoms with Crippen LogP contribution < -0.4 is 9.47 Å². The van der Waals surface area contributed by atoms with Crippen molar-refractivity contribution >= 4 is 17.8 Å². The SMILES string of the molecule is COC(=O)[C@]12C[C@H](CC(=O)N3CCC(c4ccccc4)CC3)C(=O)N(Cc3ccc4c(c3)OCO4)C1=C[C@H](C(C)(C)C)O[C@@H]2C. The second-order valence-electron chi connectivity index (χ2n) is 13.9. The molecule has 4 aliphatic heterocycles. The largest absolute Gasteiger partial charge is 0.468 e. The lowest BCUT2D eigenvalue weighted by atomic mass is 9.65. The molecular weight excluding hydrogens is 572 g/mol. The highest BCUT2D eigenvalue weighted by molar-refractivity contribution is 5.92. The average molecular weight is 617 g/mol. The lowest BCUT2D eigenvalue weighted by molar-refractivity contribution is -0.180. The number of fused-ring (bicyclic) bond motifs is 2. The van der Waals surface area contributed by atoms with Crippen LogP contribution in [0.25, 0.3) is 0 Å². The van der Waals surface area contributed by atoms with Crippen molar-refractivity contribution in [3.8, 4) is 11.5 Å². The molecule has 45 heavy (non-hydrogen) atoms. The average Bonchev–Trinajstić information content (AvgIpc) is 3.51. The van der Waals surface area contributed by atoms with Crippen LogP contribution >= 0.6 is 0 Å². The van der Waals surface area contributed by atoms with Crippen molar-refractivity contribution in [3.63, 3.8) is 0 Å². The number of hydrogen-bond donors (Lipinski definition) is 0. The summed E-state index contributed by atoms with van der Waals surface area (Å²) in [6.07, 6.45) is 2.93. The first kappa shape index (κ1) is 31.1. The Balaban J connectivity index is 1.30. The van der Waals surface area contributed by atoms with Gasteiger partial charge in [0.25, 0.3) is 0 Å². The molecule has 0 aromatic heterocycles. The van der Waals surface area contributed by atoms with Crippen molar-refractivity contribution in [2.24, 2.45) is 16.7 Å². The number of nitrogens with zero attached hydrogens (tertiary/aromatic N) is 2. The van der Waals surface area contributed by atoms with Gasteiger partial charge in [0.1, 0.15) is 5.41 Å². The Hall–Kier alpha value is -3.85. The number of methoxy groups -OCH3 is 1. The predicted molar refractivity (Wildman–Crippen MR) is 167 cm³/mol. The van der Waals surface area contributed by atoms with E-state index in [4.69, 9.17) is 18.9 Å². The van der Waals surface area contributed by atoms with Gasteiger partial charge >= 0.3 is 5.97 Å². The summed E-state index contributed by atoms with van der Waals surface area (Å²) in [5.74, 6) is 0.266. The minimum atomic E-state index is -1.24. The Kier molecular flexibility index (Phi) is 8.41. The van der Waals surface area contributed by atoms with E-state index in [2.05, 4.69) is 45.0 Å². The zero-order chi connectivity index (χ0) is 31.9. The molecule has 0 spiro atoms. The number of rotatable bonds is 6. The molecule has 240 valence electrons. The van der Waals surface area contributed by atoms with Crippen LogP contribution in [0.1, 0.15) is 70.4 Å². The third-order valence-corrected chi connectivity index (χ3v) is 10.0. The topological polar surface area (TPSA) is 94.6 Å². The summed E-state index contributed by atoms with van der Waals surface area (Å²) in [7, 11) is 1.37. The number of esters is 1. The third-order valence-electron chi connectivity index (χ3n) is 10.0. The monoisotopic (exact) mass is 616 g/mol. The number of carbonyl (C=O) groups is 3. The molecular formula is C36H44N2O7. The maximum absolute atomic E-state index is 14.5. The van der Waals surface area contributed by atoms with Crippen molar-refractivity contribution in [1.82, 2.24) is 9.80 Å². The molecule has 2 amide bonds. The maximum Gasteiger partial charge on any atom is 0.320 e. The molecule has 2 fully saturated rings. The third kappa shape index (κ3) is 5.83. The molecule has 4 atom stereocenters.